The van der Waals surface area contributed by atoms with Crippen molar-refractivity contribution in [2.75, 3.05) is 18.5 Å². The number of ether oxygens (including phenoxy) is 2. The van der Waals surface area contributed by atoms with Crippen molar-refractivity contribution in [3.05, 3.63) is 53.5 Å². The van der Waals surface area contributed by atoms with Gasteiger partial charge in [-0.2, -0.15) is 4.98 Å². The molecule has 1 amide bonds. The first kappa shape index (κ1) is 17.9. The molecule has 0 radical (unpaired) electrons. The zero-order valence-corrected chi connectivity index (χ0v) is 15.4. The Balaban J connectivity index is 1.76. The molecule has 7 heteroatoms. The zero-order chi connectivity index (χ0) is 18.4. The van der Waals surface area contributed by atoms with E-state index in [2.05, 4.69) is 15.3 Å². The molecule has 0 bridgehead atoms. The molecule has 1 aromatic carbocycles. The summed E-state index contributed by atoms with van der Waals surface area (Å²) in [6.45, 7) is 4.56. The monoisotopic (exact) mass is 369 g/mol. The average Bonchev–Trinajstić information content (AvgIpc) is 3.19. The van der Waals surface area contributed by atoms with Gasteiger partial charge in [-0.3, -0.25) is 4.79 Å². The minimum atomic E-state index is -0.253. The van der Waals surface area contributed by atoms with Gasteiger partial charge in [0, 0.05) is 10.4 Å². The van der Waals surface area contributed by atoms with Crippen LogP contribution in [-0.4, -0.2) is 29.1 Å². The van der Waals surface area contributed by atoms with E-state index in [0.717, 1.165) is 10.4 Å². The number of benzene rings is 1. The van der Waals surface area contributed by atoms with Crippen LogP contribution in [0, 0.1) is 0 Å². The van der Waals surface area contributed by atoms with Crippen LogP contribution in [0.4, 0.5) is 5.69 Å². The van der Waals surface area contributed by atoms with Crippen LogP contribution in [0.5, 0.6) is 11.9 Å². The van der Waals surface area contributed by atoms with Crippen molar-refractivity contribution < 1.29 is 14.3 Å². The van der Waals surface area contributed by atoms with Crippen LogP contribution in [0.15, 0.2) is 48.0 Å². The normalized spacial score (nSPS) is 10.4. The van der Waals surface area contributed by atoms with Gasteiger partial charge in [-0.25, -0.2) is 4.98 Å². The maximum Gasteiger partial charge on any atom is 0.319 e. The van der Waals surface area contributed by atoms with E-state index in [1.807, 2.05) is 43.5 Å². The van der Waals surface area contributed by atoms with Crippen molar-refractivity contribution in [2.45, 2.75) is 13.8 Å². The van der Waals surface area contributed by atoms with Gasteiger partial charge in [0.05, 0.1) is 19.4 Å². The maximum absolute atomic E-state index is 12.5. The molecule has 0 aliphatic rings. The largest absolute Gasteiger partial charge is 0.476 e. The molecule has 0 saturated carbocycles. The van der Waals surface area contributed by atoms with Gasteiger partial charge in [0.25, 0.3) is 5.91 Å². The van der Waals surface area contributed by atoms with Gasteiger partial charge >= 0.3 is 6.01 Å². The number of nitrogens with one attached hydrogen (secondary N) is 1. The number of carbonyl (C=O) groups excluding carboxylic acids is 1. The molecule has 0 unspecified atom stereocenters. The van der Waals surface area contributed by atoms with Crippen LogP contribution in [0.3, 0.4) is 0 Å². The number of carbonyl (C=O) groups is 1. The lowest BCUT2D eigenvalue weighted by Gasteiger charge is -2.11. The van der Waals surface area contributed by atoms with Gasteiger partial charge in [-0.05, 0) is 43.0 Å². The molecule has 134 valence electrons. The fraction of sp³-hybridized carbons (Fsp3) is 0.211. The zero-order valence-electron chi connectivity index (χ0n) is 14.6. The van der Waals surface area contributed by atoms with Gasteiger partial charge in [0.15, 0.2) is 0 Å². The third-order valence-electron chi connectivity index (χ3n) is 3.49. The minimum absolute atomic E-state index is 0.217. The third-order valence-corrected chi connectivity index (χ3v) is 4.41. The van der Waals surface area contributed by atoms with E-state index in [-0.39, 0.29) is 17.8 Å². The van der Waals surface area contributed by atoms with E-state index in [4.69, 9.17) is 9.47 Å². The van der Waals surface area contributed by atoms with Crippen LogP contribution in [0.25, 0.3) is 10.4 Å². The molecule has 6 nitrogen and oxygen atoms in total. The highest BCUT2D eigenvalue weighted by atomic mass is 32.1. The Bertz CT molecular complexity index is 864. The summed E-state index contributed by atoms with van der Waals surface area (Å²) in [5, 5.41) is 4.82. The van der Waals surface area contributed by atoms with Crippen molar-refractivity contribution in [1.29, 1.82) is 0 Å². The lowest BCUT2D eigenvalue weighted by atomic mass is 10.1. The Labute approximate surface area is 155 Å². The Hall–Kier alpha value is -2.93. The highest BCUT2D eigenvalue weighted by Crippen LogP contribution is 2.26. The second kappa shape index (κ2) is 8.44. The van der Waals surface area contributed by atoms with Crippen LogP contribution in [-0.2, 0) is 0 Å². The molecule has 3 aromatic rings. The van der Waals surface area contributed by atoms with Crippen LogP contribution < -0.4 is 14.8 Å². The third kappa shape index (κ3) is 4.18. The summed E-state index contributed by atoms with van der Waals surface area (Å²) in [6.07, 6.45) is 1.49. The van der Waals surface area contributed by atoms with E-state index in [9.17, 15) is 4.79 Å². The molecule has 0 spiro atoms. The van der Waals surface area contributed by atoms with E-state index >= 15 is 0 Å². The van der Waals surface area contributed by atoms with Crippen molar-refractivity contribution in [3.8, 4) is 22.3 Å². The lowest BCUT2D eigenvalue weighted by Crippen LogP contribution is -2.14. The van der Waals surface area contributed by atoms with Crippen LogP contribution in [0.1, 0.15) is 24.2 Å². The Morgan fingerprint density at radius 1 is 1.12 bits per heavy atom. The first-order valence-corrected chi connectivity index (χ1v) is 9.17. The molecule has 0 saturated heterocycles. The summed E-state index contributed by atoms with van der Waals surface area (Å²) >= 11 is 1.66. The average molecular weight is 369 g/mol. The number of thiophene rings is 1. The van der Waals surface area contributed by atoms with Gasteiger partial charge in [0.2, 0.25) is 5.88 Å². The van der Waals surface area contributed by atoms with Gasteiger partial charge in [-0.15, -0.1) is 11.3 Å². The summed E-state index contributed by atoms with van der Waals surface area (Å²) in [5.41, 5.74) is 2.03. The minimum Gasteiger partial charge on any atom is -0.476 e. The second-order valence-electron chi connectivity index (χ2n) is 5.25. The first-order chi connectivity index (χ1) is 12.7. The van der Waals surface area contributed by atoms with Gasteiger partial charge < -0.3 is 14.8 Å². The number of hydrogen-bond acceptors (Lipinski definition) is 6. The molecular formula is C19H19N3O3S. The van der Waals surface area contributed by atoms with E-state index in [1.54, 1.807) is 23.5 Å². The van der Waals surface area contributed by atoms with Crippen molar-refractivity contribution >= 4 is 22.9 Å². The second-order valence-corrected chi connectivity index (χ2v) is 6.19. The fourth-order valence-electron chi connectivity index (χ4n) is 2.31. The van der Waals surface area contributed by atoms with E-state index in [0.29, 0.717) is 24.5 Å². The van der Waals surface area contributed by atoms with Crippen molar-refractivity contribution in [2.24, 2.45) is 0 Å². The van der Waals surface area contributed by atoms with Crippen molar-refractivity contribution in [3.63, 3.8) is 0 Å². The molecule has 0 fully saturated rings. The fourth-order valence-corrected chi connectivity index (χ4v) is 3.04. The molecule has 0 aliphatic carbocycles. The molecule has 2 aromatic heterocycles. The lowest BCUT2D eigenvalue weighted by molar-refractivity contribution is 0.102. The topological polar surface area (TPSA) is 73.3 Å². The molecule has 26 heavy (non-hydrogen) atoms. The smallest absolute Gasteiger partial charge is 0.319 e. The summed E-state index contributed by atoms with van der Waals surface area (Å²) in [7, 11) is 0. The molecule has 0 atom stereocenters. The Morgan fingerprint density at radius 2 is 1.88 bits per heavy atom. The quantitative estimate of drug-likeness (QED) is 0.674. The van der Waals surface area contributed by atoms with E-state index in [1.165, 1.54) is 6.20 Å². The molecule has 2 heterocycles. The molecule has 3 rings (SSSR count). The number of amides is 1. The number of aromatic nitrogens is 2. The number of nitrogens with zero attached hydrogens (tertiary/aromatic N) is 2. The van der Waals surface area contributed by atoms with Gasteiger partial charge in [-0.1, -0.05) is 18.2 Å². The first-order valence-electron chi connectivity index (χ1n) is 8.29. The summed E-state index contributed by atoms with van der Waals surface area (Å²) in [4.78, 5) is 21.9. The Kier molecular flexibility index (Phi) is 5.80. The van der Waals surface area contributed by atoms with Crippen LogP contribution in [0.2, 0.25) is 0 Å². The predicted molar refractivity (Wildman–Crippen MR) is 102 cm³/mol. The van der Waals surface area contributed by atoms with E-state index < -0.39 is 0 Å². The maximum atomic E-state index is 12.5. The highest BCUT2D eigenvalue weighted by Gasteiger charge is 2.14. The number of rotatable bonds is 7. The number of anilines is 1. The summed E-state index contributed by atoms with van der Waals surface area (Å²) in [5.74, 6) is 0.0333. The standard InChI is InChI=1S/C19H19N3O3S/c1-3-24-18-15(12-20-19(22-18)25-4-2)21-17(23)14-9-7-13(8-10-14)16-6-5-11-26-16/h5-12H,3-4H2,1-2H3,(H,21,23). The predicted octanol–water partition coefficient (Wildman–Crippen LogP) is 4.25. The molecule has 1 N–H and O–H groups in total. The number of hydrogen-bond donors (Lipinski definition) is 1. The van der Waals surface area contributed by atoms with Crippen molar-refractivity contribution in [1.82, 2.24) is 9.97 Å². The van der Waals surface area contributed by atoms with Gasteiger partial charge in [0.1, 0.15) is 5.69 Å². The summed E-state index contributed by atoms with van der Waals surface area (Å²) < 4.78 is 10.8. The summed E-state index contributed by atoms with van der Waals surface area (Å²) in [6, 6.07) is 11.7. The molecule has 0 aliphatic heterocycles. The van der Waals surface area contributed by atoms with Crippen LogP contribution >= 0.6 is 11.3 Å². The SMILES string of the molecule is CCOc1ncc(NC(=O)c2ccc(-c3cccs3)cc2)c(OCC)n1. The Morgan fingerprint density at radius 3 is 2.54 bits per heavy atom. The molecular weight excluding hydrogens is 350 g/mol. The highest BCUT2D eigenvalue weighted by molar-refractivity contribution is 7.13.